The summed E-state index contributed by atoms with van der Waals surface area (Å²) in [6.07, 6.45) is 4.17. The first kappa shape index (κ1) is 17.9. The van der Waals surface area contributed by atoms with Crippen molar-refractivity contribution in [3.05, 3.63) is 77.5 Å². The molecular weight excluding hydrogens is 368 g/mol. The van der Waals surface area contributed by atoms with E-state index in [0.29, 0.717) is 44.6 Å². The van der Waals surface area contributed by atoms with E-state index < -0.39 is 0 Å². The number of nitrogens with zero attached hydrogens (tertiary/aromatic N) is 3. The lowest BCUT2D eigenvalue weighted by Crippen LogP contribution is -2.41. The maximum absolute atomic E-state index is 12.7. The standard InChI is InChI=1S/C22H22N4O3/c27-20(18-7-4-10-29-18)26-9-8-22(14-26)15-28-13-17-12-24-21(25-19(17)22)23-11-16-5-2-1-3-6-16/h1-7,10,12H,8-9,11,13-15H2,(H,23,24,25)/t22-/m0/s1. The van der Waals surface area contributed by atoms with Gasteiger partial charge in [0.15, 0.2) is 5.76 Å². The Morgan fingerprint density at radius 1 is 1.21 bits per heavy atom. The van der Waals surface area contributed by atoms with E-state index in [9.17, 15) is 4.79 Å². The minimum atomic E-state index is -0.304. The Balaban J connectivity index is 1.37. The van der Waals surface area contributed by atoms with Crippen LogP contribution in [0, 0.1) is 0 Å². The Morgan fingerprint density at radius 2 is 2.10 bits per heavy atom. The lowest BCUT2D eigenvalue weighted by molar-refractivity contribution is 0.0479. The van der Waals surface area contributed by atoms with Crippen LogP contribution in [0.25, 0.3) is 0 Å². The van der Waals surface area contributed by atoms with E-state index in [-0.39, 0.29) is 11.3 Å². The molecule has 0 bridgehead atoms. The monoisotopic (exact) mass is 390 g/mol. The Kier molecular flexibility index (Phi) is 4.52. The molecule has 7 nitrogen and oxygen atoms in total. The van der Waals surface area contributed by atoms with Gasteiger partial charge in [-0.3, -0.25) is 4.79 Å². The molecule has 2 aromatic heterocycles. The van der Waals surface area contributed by atoms with Crippen molar-refractivity contribution < 1.29 is 13.9 Å². The van der Waals surface area contributed by atoms with Crippen LogP contribution in [0.5, 0.6) is 0 Å². The number of hydrogen-bond donors (Lipinski definition) is 1. The molecule has 5 rings (SSSR count). The summed E-state index contributed by atoms with van der Waals surface area (Å²) in [5.41, 5.74) is 2.85. The smallest absolute Gasteiger partial charge is 0.289 e. The highest BCUT2D eigenvalue weighted by molar-refractivity contribution is 5.91. The van der Waals surface area contributed by atoms with Crippen LogP contribution < -0.4 is 5.32 Å². The van der Waals surface area contributed by atoms with Crippen molar-refractivity contribution >= 4 is 11.9 Å². The molecule has 0 saturated carbocycles. The van der Waals surface area contributed by atoms with Gasteiger partial charge in [-0.1, -0.05) is 30.3 Å². The Morgan fingerprint density at radius 3 is 2.93 bits per heavy atom. The SMILES string of the molecule is O=C(c1ccco1)N1CC[C@@]2(COCc3cnc(NCc4ccccc4)nc32)C1. The van der Waals surface area contributed by atoms with E-state index in [1.807, 2.05) is 29.3 Å². The van der Waals surface area contributed by atoms with Gasteiger partial charge >= 0.3 is 0 Å². The van der Waals surface area contributed by atoms with Gasteiger partial charge in [0.2, 0.25) is 5.95 Å². The predicted octanol–water partition coefficient (Wildman–Crippen LogP) is 3.00. The van der Waals surface area contributed by atoms with Gasteiger partial charge in [-0.05, 0) is 24.1 Å². The number of hydrogen-bond acceptors (Lipinski definition) is 6. The van der Waals surface area contributed by atoms with Crippen LogP contribution in [0.1, 0.15) is 33.8 Å². The van der Waals surface area contributed by atoms with Crippen LogP contribution >= 0.6 is 0 Å². The zero-order valence-corrected chi connectivity index (χ0v) is 16.0. The van der Waals surface area contributed by atoms with Crippen LogP contribution in [-0.2, 0) is 23.3 Å². The van der Waals surface area contributed by atoms with E-state index in [2.05, 4.69) is 22.4 Å². The Labute approximate surface area is 168 Å². The van der Waals surface area contributed by atoms with Crippen molar-refractivity contribution in [1.82, 2.24) is 14.9 Å². The van der Waals surface area contributed by atoms with E-state index in [4.69, 9.17) is 14.1 Å². The molecule has 1 N–H and O–H groups in total. The zero-order valence-electron chi connectivity index (χ0n) is 16.0. The molecule has 1 amide bonds. The second-order valence-corrected chi connectivity index (χ2v) is 7.63. The molecule has 4 heterocycles. The summed E-state index contributed by atoms with van der Waals surface area (Å²) < 4.78 is 11.1. The van der Waals surface area contributed by atoms with Gasteiger partial charge in [-0.25, -0.2) is 9.97 Å². The lowest BCUT2D eigenvalue weighted by atomic mass is 9.80. The normalized spacial score (nSPS) is 20.6. The lowest BCUT2D eigenvalue weighted by Gasteiger charge is -2.34. The van der Waals surface area contributed by atoms with E-state index in [0.717, 1.165) is 17.7 Å². The van der Waals surface area contributed by atoms with Gasteiger partial charge < -0.3 is 19.4 Å². The third kappa shape index (κ3) is 3.38. The quantitative estimate of drug-likeness (QED) is 0.738. The highest BCUT2D eigenvalue weighted by Gasteiger charge is 2.46. The summed E-state index contributed by atoms with van der Waals surface area (Å²) >= 11 is 0. The van der Waals surface area contributed by atoms with E-state index in [1.165, 1.54) is 11.8 Å². The first-order valence-corrected chi connectivity index (χ1v) is 9.78. The van der Waals surface area contributed by atoms with Gasteiger partial charge in [0.25, 0.3) is 5.91 Å². The van der Waals surface area contributed by atoms with Crippen LogP contribution in [0.15, 0.2) is 59.3 Å². The number of aromatic nitrogens is 2. The van der Waals surface area contributed by atoms with Crippen molar-refractivity contribution in [2.75, 3.05) is 25.0 Å². The molecule has 3 aromatic rings. The zero-order chi connectivity index (χ0) is 19.7. The average molecular weight is 390 g/mol. The minimum absolute atomic E-state index is 0.0875. The summed E-state index contributed by atoms with van der Waals surface area (Å²) in [7, 11) is 0. The fraction of sp³-hybridized carbons (Fsp3) is 0.318. The third-order valence-electron chi connectivity index (χ3n) is 5.67. The minimum Gasteiger partial charge on any atom is -0.459 e. The predicted molar refractivity (Wildman–Crippen MR) is 106 cm³/mol. The molecular formula is C22H22N4O3. The summed E-state index contributed by atoms with van der Waals surface area (Å²) in [5.74, 6) is 0.882. The summed E-state index contributed by atoms with van der Waals surface area (Å²) in [6, 6.07) is 13.6. The maximum atomic E-state index is 12.7. The average Bonchev–Trinajstić information content (AvgIpc) is 3.44. The fourth-order valence-electron chi connectivity index (χ4n) is 4.17. The van der Waals surface area contributed by atoms with Gasteiger partial charge in [0.05, 0.1) is 30.6 Å². The second kappa shape index (κ2) is 7.33. The number of fused-ring (bicyclic) bond motifs is 2. The highest BCUT2D eigenvalue weighted by Crippen LogP contribution is 2.39. The van der Waals surface area contributed by atoms with Gasteiger partial charge in [0.1, 0.15) is 0 Å². The van der Waals surface area contributed by atoms with Crippen molar-refractivity contribution in [1.29, 1.82) is 0 Å². The number of carbonyl (C=O) groups excluding carboxylic acids is 1. The van der Waals surface area contributed by atoms with E-state index >= 15 is 0 Å². The molecule has 2 aliphatic rings. The van der Waals surface area contributed by atoms with Crippen molar-refractivity contribution in [2.45, 2.75) is 25.0 Å². The molecule has 0 unspecified atom stereocenters. The number of benzene rings is 1. The van der Waals surface area contributed by atoms with Crippen LogP contribution in [0.3, 0.4) is 0 Å². The number of ether oxygens (including phenoxy) is 1. The molecule has 7 heteroatoms. The summed E-state index contributed by atoms with van der Waals surface area (Å²) in [6.45, 7) is 2.93. The van der Waals surface area contributed by atoms with E-state index in [1.54, 1.807) is 12.1 Å². The summed E-state index contributed by atoms with van der Waals surface area (Å²) in [4.78, 5) is 23.9. The maximum Gasteiger partial charge on any atom is 0.289 e. The topological polar surface area (TPSA) is 80.5 Å². The number of anilines is 1. The van der Waals surface area contributed by atoms with Gasteiger partial charge in [0, 0.05) is 31.4 Å². The molecule has 2 aliphatic heterocycles. The number of furan rings is 1. The van der Waals surface area contributed by atoms with Crippen LogP contribution in [-0.4, -0.2) is 40.5 Å². The first-order valence-electron chi connectivity index (χ1n) is 9.78. The molecule has 1 aromatic carbocycles. The van der Waals surface area contributed by atoms with Crippen molar-refractivity contribution in [3.8, 4) is 0 Å². The molecule has 0 radical (unpaired) electrons. The number of rotatable bonds is 4. The molecule has 1 fully saturated rings. The molecule has 29 heavy (non-hydrogen) atoms. The number of likely N-dealkylation sites (tertiary alicyclic amines) is 1. The van der Waals surface area contributed by atoms with Gasteiger partial charge in [-0.2, -0.15) is 0 Å². The molecule has 148 valence electrons. The summed E-state index contributed by atoms with van der Waals surface area (Å²) in [5, 5.41) is 3.32. The molecule has 1 atom stereocenters. The first-order chi connectivity index (χ1) is 14.2. The van der Waals surface area contributed by atoms with Crippen LogP contribution in [0.4, 0.5) is 5.95 Å². The molecule has 0 aliphatic carbocycles. The van der Waals surface area contributed by atoms with Crippen molar-refractivity contribution in [3.63, 3.8) is 0 Å². The number of nitrogens with one attached hydrogen (secondary N) is 1. The largest absolute Gasteiger partial charge is 0.459 e. The molecule has 1 saturated heterocycles. The van der Waals surface area contributed by atoms with Crippen LogP contribution in [0.2, 0.25) is 0 Å². The second-order valence-electron chi connectivity index (χ2n) is 7.63. The number of carbonyl (C=O) groups is 1. The highest BCUT2D eigenvalue weighted by atomic mass is 16.5. The van der Waals surface area contributed by atoms with Crippen molar-refractivity contribution in [2.24, 2.45) is 0 Å². The Bertz CT molecular complexity index is 1010. The van der Waals surface area contributed by atoms with Gasteiger partial charge in [-0.15, -0.1) is 0 Å². The Hall–Kier alpha value is -3.19. The fourth-order valence-corrected chi connectivity index (χ4v) is 4.17. The number of amides is 1. The third-order valence-corrected chi connectivity index (χ3v) is 5.67. The molecule has 1 spiro atoms.